The fourth-order valence-corrected chi connectivity index (χ4v) is 3.70. The second-order valence-electron chi connectivity index (χ2n) is 8.72. The molecule has 1 aromatic carbocycles. The van der Waals surface area contributed by atoms with Crippen molar-refractivity contribution >= 4 is 5.94 Å². The van der Waals surface area contributed by atoms with Crippen LogP contribution in [0.1, 0.15) is 76.5 Å². The summed E-state index contributed by atoms with van der Waals surface area (Å²) >= 11 is 0. The van der Waals surface area contributed by atoms with E-state index in [1.807, 2.05) is 13.8 Å². The van der Waals surface area contributed by atoms with Crippen molar-refractivity contribution in [1.82, 2.24) is 5.32 Å². The number of hydrogen-bond donors (Lipinski definition) is 2. The van der Waals surface area contributed by atoms with Crippen LogP contribution in [0.15, 0.2) is 36.2 Å². The number of aliphatic hydroxyl groups is 1. The van der Waals surface area contributed by atoms with Gasteiger partial charge in [-0.3, -0.25) is 0 Å². The summed E-state index contributed by atoms with van der Waals surface area (Å²) in [6.45, 7) is 6.72. The van der Waals surface area contributed by atoms with Crippen molar-refractivity contribution in [2.24, 2.45) is 0 Å². The zero-order valence-corrected chi connectivity index (χ0v) is 19.9. The van der Waals surface area contributed by atoms with Gasteiger partial charge in [0, 0.05) is 17.8 Å². The lowest BCUT2D eigenvalue weighted by Crippen LogP contribution is -2.51. The summed E-state index contributed by atoms with van der Waals surface area (Å²) in [6.07, 6.45) is 9.04. The molecule has 1 aliphatic rings. The predicted octanol–water partition coefficient (Wildman–Crippen LogP) is 4.34. The summed E-state index contributed by atoms with van der Waals surface area (Å²) in [6, 6.07) is 6.81. The van der Waals surface area contributed by atoms with Gasteiger partial charge in [-0.1, -0.05) is 39.0 Å². The van der Waals surface area contributed by atoms with E-state index in [0.29, 0.717) is 29.2 Å². The number of ether oxygens (including phenoxy) is 3. The Hall–Kier alpha value is -2.78. The van der Waals surface area contributed by atoms with Crippen LogP contribution in [0.3, 0.4) is 0 Å². The molecule has 0 amide bonds. The van der Waals surface area contributed by atoms with Gasteiger partial charge in [0.2, 0.25) is 0 Å². The molecule has 0 saturated heterocycles. The largest absolute Gasteiger partial charge is 0.494 e. The van der Waals surface area contributed by atoms with Crippen molar-refractivity contribution in [3.63, 3.8) is 0 Å². The molecule has 33 heavy (non-hydrogen) atoms. The molecule has 180 valence electrons. The van der Waals surface area contributed by atoms with Gasteiger partial charge in [-0.05, 0) is 38.5 Å². The molecule has 2 rings (SSSR count). The summed E-state index contributed by atoms with van der Waals surface area (Å²) in [7, 11) is 0. The van der Waals surface area contributed by atoms with Crippen molar-refractivity contribution < 1.29 is 24.1 Å². The van der Waals surface area contributed by atoms with E-state index in [4.69, 9.17) is 14.2 Å². The third-order valence-electron chi connectivity index (χ3n) is 5.61. The van der Waals surface area contributed by atoms with Crippen LogP contribution in [0, 0.1) is 11.3 Å². The maximum absolute atomic E-state index is 11.0. The summed E-state index contributed by atoms with van der Waals surface area (Å²) in [5, 5.41) is 23.5. The molecule has 0 radical (unpaired) electrons. The maximum atomic E-state index is 11.0. The molecule has 0 saturated carbocycles. The Morgan fingerprint density at radius 1 is 1.27 bits per heavy atom. The highest BCUT2D eigenvalue weighted by Gasteiger charge is 2.42. The van der Waals surface area contributed by atoms with Crippen LogP contribution in [0.4, 0.5) is 0 Å². The molecule has 7 nitrogen and oxygen atoms in total. The van der Waals surface area contributed by atoms with E-state index in [2.05, 4.69) is 18.3 Å². The quantitative estimate of drug-likeness (QED) is 0.244. The van der Waals surface area contributed by atoms with Gasteiger partial charge in [-0.2, -0.15) is 5.26 Å². The first kappa shape index (κ1) is 26.5. The normalized spacial score (nSPS) is 18.9. The van der Waals surface area contributed by atoms with Crippen LogP contribution in [0.2, 0.25) is 0 Å². The summed E-state index contributed by atoms with van der Waals surface area (Å²) in [5.74, 6) is 2.88. The highest BCUT2D eigenvalue weighted by Crippen LogP contribution is 2.40. The monoisotopic (exact) mass is 456 g/mol. The van der Waals surface area contributed by atoms with Crippen LogP contribution in [-0.4, -0.2) is 42.6 Å². The Morgan fingerprint density at radius 3 is 2.76 bits per heavy atom. The number of nitriles is 1. The van der Waals surface area contributed by atoms with Crippen LogP contribution in [-0.2, 0) is 14.3 Å². The lowest BCUT2D eigenvalue weighted by Gasteiger charge is -2.42. The van der Waals surface area contributed by atoms with E-state index in [1.54, 1.807) is 30.3 Å². The molecule has 2 atom stereocenters. The molecule has 2 N–H and O–H groups in total. The minimum atomic E-state index is -0.867. The number of nitrogens with zero attached hydrogens (tertiary/aromatic N) is 1. The Labute approximate surface area is 197 Å². The number of rotatable bonds is 14. The third kappa shape index (κ3) is 8.25. The molecule has 1 heterocycles. The number of unbranched alkanes of at least 4 members (excludes halogenated alkanes) is 5. The van der Waals surface area contributed by atoms with E-state index < -0.39 is 17.7 Å². The van der Waals surface area contributed by atoms with Gasteiger partial charge in [-0.15, -0.1) is 0 Å². The van der Waals surface area contributed by atoms with Crippen molar-refractivity contribution in [3.05, 3.63) is 47.4 Å². The van der Waals surface area contributed by atoms with Gasteiger partial charge in [0.25, 0.3) is 0 Å². The average molecular weight is 457 g/mol. The lowest BCUT2D eigenvalue weighted by molar-refractivity contribution is -0.0623. The number of fused-ring (bicyclic) bond motifs is 1. The van der Waals surface area contributed by atoms with Crippen molar-refractivity contribution in [2.75, 3.05) is 19.8 Å². The minimum absolute atomic E-state index is 0.141. The Morgan fingerprint density at radius 2 is 2.03 bits per heavy atom. The van der Waals surface area contributed by atoms with E-state index in [1.165, 1.54) is 31.8 Å². The van der Waals surface area contributed by atoms with Crippen LogP contribution in [0.5, 0.6) is 5.75 Å². The molecule has 0 aliphatic carbocycles. The predicted molar refractivity (Wildman–Crippen MR) is 126 cm³/mol. The van der Waals surface area contributed by atoms with E-state index >= 15 is 0 Å². The number of aliphatic hydroxyl groups excluding tert-OH is 1. The molecule has 7 heteroatoms. The third-order valence-corrected chi connectivity index (χ3v) is 5.61. The second kappa shape index (κ2) is 13.7. The summed E-state index contributed by atoms with van der Waals surface area (Å²) in [4.78, 5) is 10.4. The van der Waals surface area contributed by atoms with Gasteiger partial charge in [-0.25, -0.2) is 4.79 Å². The number of hydrogen-bond acceptors (Lipinski definition) is 7. The molecule has 0 unspecified atom stereocenters. The Bertz CT molecular complexity index is 868. The molecule has 0 bridgehead atoms. The first-order valence-electron chi connectivity index (χ1n) is 11.7. The van der Waals surface area contributed by atoms with Crippen LogP contribution >= 0.6 is 0 Å². The molecule has 1 aromatic rings. The van der Waals surface area contributed by atoms with E-state index in [9.17, 15) is 15.2 Å². The topological polar surface area (TPSA) is 101 Å². The van der Waals surface area contributed by atoms with Crippen molar-refractivity contribution in [2.45, 2.75) is 77.0 Å². The van der Waals surface area contributed by atoms with Gasteiger partial charge in [0.1, 0.15) is 35.8 Å². The first-order chi connectivity index (χ1) is 15.9. The SMILES string of the molecule is CCCCCCCCOC(=CN[C@@H]1c2cc(C#N)ccc2OC(C)(C)[C@H]1O)COCC=C=O. The van der Waals surface area contributed by atoms with Gasteiger partial charge < -0.3 is 24.6 Å². The summed E-state index contributed by atoms with van der Waals surface area (Å²) < 4.78 is 17.4. The molecule has 0 fully saturated rings. The van der Waals surface area contributed by atoms with E-state index in [0.717, 1.165) is 12.8 Å². The Balaban J connectivity index is 2.10. The lowest BCUT2D eigenvalue weighted by atomic mass is 9.86. The van der Waals surface area contributed by atoms with E-state index in [-0.39, 0.29) is 13.2 Å². The first-order valence-corrected chi connectivity index (χ1v) is 11.7. The van der Waals surface area contributed by atoms with Crippen molar-refractivity contribution in [3.8, 4) is 11.8 Å². The highest BCUT2D eigenvalue weighted by atomic mass is 16.5. The van der Waals surface area contributed by atoms with Gasteiger partial charge in [0.15, 0.2) is 0 Å². The summed E-state index contributed by atoms with van der Waals surface area (Å²) in [5.41, 5.74) is 0.373. The van der Waals surface area contributed by atoms with Crippen LogP contribution < -0.4 is 10.1 Å². The Kier molecular flexibility index (Phi) is 11.0. The fraction of sp³-hybridized carbons (Fsp3) is 0.577. The second-order valence-corrected chi connectivity index (χ2v) is 8.72. The molecule has 0 aromatic heterocycles. The number of nitrogens with one attached hydrogen (secondary N) is 1. The van der Waals surface area contributed by atoms with Crippen LogP contribution in [0.25, 0.3) is 0 Å². The van der Waals surface area contributed by atoms with Crippen molar-refractivity contribution in [1.29, 1.82) is 5.26 Å². The molecule has 1 aliphatic heterocycles. The smallest absolute Gasteiger partial charge is 0.137 e. The fourth-order valence-electron chi connectivity index (χ4n) is 3.70. The maximum Gasteiger partial charge on any atom is 0.137 e. The molecular weight excluding hydrogens is 420 g/mol. The zero-order chi connectivity index (χ0) is 24.1. The molecular formula is C26H36N2O5. The minimum Gasteiger partial charge on any atom is -0.494 e. The number of benzene rings is 1. The highest BCUT2D eigenvalue weighted by molar-refractivity contribution is 5.46. The van der Waals surface area contributed by atoms with Gasteiger partial charge >= 0.3 is 0 Å². The number of carbonyl (C=O) groups excluding carboxylic acids is 1. The molecule has 0 spiro atoms. The standard InChI is InChI=1S/C26H36N2O5/c1-4-5-6-7-8-9-15-32-21(19-31-14-10-13-29)18-28-24-22-16-20(17-27)11-12-23(22)33-26(2,3)25(24)30/h10-12,16,18,24-25,28,30H,4-9,14-15,19H2,1-3H3/t24-,25+/m1/s1. The van der Waals surface area contributed by atoms with Gasteiger partial charge in [0.05, 0.1) is 30.9 Å². The average Bonchev–Trinajstić information content (AvgIpc) is 2.80. The zero-order valence-electron chi connectivity index (χ0n) is 19.9.